The van der Waals surface area contributed by atoms with Crippen LogP contribution in [-0.2, 0) is 6.54 Å². The molecule has 0 aromatic heterocycles. The van der Waals surface area contributed by atoms with E-state index in [9.17, 15) is 4.79 Å². The van der Waals surface area contributed by atoms with Gasteiger partial charge in [0.25, 0.3) is 5.91 Å². The van der Waals surface area contributed by atoms with Gasteiger partial charge in [-0.15, -0.1) is 0 Å². The van der Waals surface area contributed by atoms with E-state index in [1.165, 1.54) is 19.4 Å². The molecule has 0 N–H and O–H groups in total. The number of rotatable bonds is 4. The molecule has 2 heterocycles. The van der Waals surface area contributed by atoms with Crippen molar-refractivity contribution in [3.05, 3.63) is 59.2 Å². The predicted octanol–water partition coefficient (Wildman–Crippen LogP) is 4.06. The van der Waals surface area contributed by atoms with Crippen LogP contribution < -0.4 is 0 Å². The van der Waals surface area contributed by atoms with Gasteiger partial charge in [-0.2, -0.15) is 5.26 Å². The number of fused-ring (bicyclic) bond motifs is 1. The highest BCUT2D eigenvalue weighted by Gasteiger charge is 2.35. The smallest absolute Gasteiger partial charge is 0.254 e. The fourth-order valence-corrected chi connectivity index (χ4v) is 4.63. The average Bonchev–Trinajstić information content (AvgIpc) is 3.50. The number of nitrogens with zero attached hydrogens (tertiary/aromatic N) is 3. The van der Waals surface area contributed by atoms with Gasteiger partial charge in [0, 0.05) is 37.8 Å². The molecule has 4 nitrogen and oxygen atoms in total. The maximum absolute atomic E-state index is 13.0. The fourth-order valence-electron chi connectivity index (χ4n) is 4.63. The molecule has 0 radical (unpaired) electrons. The van der Waals surface area contributed by atoms with Crippen LogP contribution in [0.4, 0.5) is 0 Å². The SMILES string of the molecule is N#Cc1ccc(-c2ccc3c(c2)CN(C2CCN(CC4CC4)CC2)C3=O)cc1. The lowest BCUT2D eigenvalue weighted by Crippen LogP contribution is -2.45. The van der Waals surface area contributed by atoms with Gasteiger partial charge in [-0.25, -0.2) is 0 Å². The number of piperidine rings is 1. The van der Waals surface area contributed by atoms with Crippen molar-refractivity contribution in [1.29, 1.82) is 5.26 Å². The third-order valence-corrected chi connectivity index (χ3v) is 6.50. The molecule has 4 heteroatoms. The van der Waals surface area contributed by atoms with Crippen LogP contribution in [0, 0.1) is 17.2 Å². The standard InChI is InChI=1S/C24H25N3O/c25-14-17-3-5-19(6-4-17)20-7-8-23-21(13-20)16-27(24(23)28)22-9-11-26(12-10-22)15-18-1-2-18/h3-8,13,18,22H,1-2,9-12,15-16H2. The van der Waals surface area contributed by atoms with E-state index in [-0.39, 0.29) is 5.91 Å². The van der Waals surface area contributed by atoms with Gasteiger partial charge < -0.3 is 9.80 Å². The minimum absolute atomic E-state index is 0.196. The summed E-state index contributed by atoms with van der Waals surface area (Å²) in [5.41, 5.74) is 4.85. The number of benzene rings is 2. The largest absolute Gasteiger partial charge is 0.331 e. The number of hydrogen-bond acceptors (Lipinski definition) is 3. The average molecular weight is 371 g/mol. The first-order valence-corrected chi connectivity index (χ1v) is 10.4. The van der Waals surface area contributed by atoms with Crippen LogP contribution in [0.3, 0.4) is 0 Å². The first kappa shape index (κ1) is 17.5. The summed E-state index contributed by atoms with van der Waals surface area (Å²) in [7, 11) is 0. The Morgan fingerprint density at radius 3 is 2.36 bits per heavy atom. The minimum atomic E-state index is 0.196. The van der Waals surface area contributed by atoms with E-state index in [1.54, 1.807) is 0 Å². The lowest BCUT2D eigenvalue weighted by molar-refractivity contribution is 0.0593. The van der Waals surface area contributed by atoms with Gasteiger partial charge in [-0.1, -0.05) is 18.2 Å². The second-order valence-electron chi connectivity index (χ2n) is 8.47. The van der Waals surface area contributed by atoms with E-state index in [2.05, 4.69) is 21.9 Å². The summed E-state index contributed by atoms with van der Waals surface area (Å²) < 4.78 is 0. The summed E-state index contributed by atoms with van der Waals surface area (Å²) in [5, 5.41) is 8.97. The summed E-state index contributed by atoms with van der Waals surface area (Å²) in [6.07, 6.45) is 4.99. The number of amides is 1. The number of carbonyl (C=O) groups excluding carboxylic acids is 1. The van der Waals surface area contributed by atoms with E-state index in [0.29, 0.717) is 11.6 Å². The van der Waals surface area contributed by atoms with Crippen molar-refractivity contribution < 1.29 is 4.79 Å². The quantitative estimate of drug-likeness (QED) is 0.814. The monoisotopic (exact) mass is 371 g/mol. The second kappa shape index (κ2) is 7.07. The molecule has 2 aromatic rings. The van der Waals surface area contributed by atoms with Crippen molar-refractivity contribution in [3.63, 3.8) is 0 Å². The first-order chi connectivity index (χ1) is 13.7. The Morgan fingerprint density at radius 2 is 1.68 bits per heavy atom. The van der Waals surface area contributed by atoms with Crippen LogP contribution in [0.15, 0.2) is 42.5 Å². The van der Waals surface area contributed by atoms with Crippen molar-refractivity contribution in [2.24, 2.45) is 5.92 Å². The molecule has 1 aliphatic carbocycles. The Labute approximate surface area is 166 Å². The molecule has 0 unspecified atom stereocenters. The molecule has 1 saturated carbocycles. The van der Waals surface area contributed by atoms with Gasteiger partial charge in [0.1, 0.15) is 0 Å². The molecule has 1 saturated heterocycles. The highest BCUT2D eigenvalue weighted by atomic mass is 16.2. The zero-order valence-electron chi connectivity index (χ0n) is 16.1. The van der Waals surface area contributed by atoms with E-state index in [4.69, 9.17) is 5.26 Å². The van der Waals surface area contributed by atoms with Crippen LogP contribution in [-0.4, -0.2) is 41.4 Å². The van der Waals surface area contributed by atoms with Crippen molar-refractivity contribution in [1.82, 2.24) is 9.80 Å². The fraction of sp³-hybridized carbons (Fsp3) is 0.417. The van der Waals surface area contributed by atoms with Gasteiger partial charge in [0.2, 0.25) is 0 Å². The summed E-state index contributed by atoms with van der Waals surface area (Å²) in [6, 6.07) is 16.3. The molecular weight excluding hydrogens is 346 g/mol. The molecule has 0 bridgehead atoms. The molecule has 0 atom stereocenters. The molecule has 5 rings (SSSR count). The van der Waals surface area contributed by atoms with Crippen molar-refractivity contribution in [2.75, 3.05) is 19.6 Å². The third-order valence-electron chi connectivity index (χ3n) is 6.50. The van der Waals surface area contributed by atoms with Gasteiger partial charge in [0.05, 0.1) is 11.6 Å². The summed E-state index contributed by atoms with van der Waals surface area (Å²) in [5.74, 6) is 1.14. The molecule has 2 aromatic carbocycles. The maximum atomic E-state index is 13.0. The van der Waals surface area contributed by atoms with Crippen molar-refractivity contribution >= 4 is 5.91 Å². The van der Waals surface area contributed by atoms with E-state index >= 15 is 0 Å². The van der Waals surface area contributed by atoms with Crippen molar-refractivity contribution in [2.45, 2.75) is 38.3 Å². The minimum Gasteiger partial charge on any atom is -0.331 e. The predicted molar refractivity (Wildman–Crippen MR) is 109 cm³/mol. The van der Waals surface area contributed by atoms with Crippen LogP contribution in [0.25, 0.3) is 11.1 Å². The lowest BCUT2D eigenvalue weighted by Gasteiger charge is -2.36. The first-order valence-electron chi connectivity index (χ1n) is 10.4. The molecule has 3 aliphatic rings. The Hall–Kier alpha value is -2.64. The lowest BCUT2D eigenvalue weighted by atomic mass is 10.00. The molecule has 2 fully saturated rings. The molecule has 1 amide bonds. The number of hydrogen-bond donors (Lipinski definition) is 0. The highest BCUT2D eigenvalue weighted by Crippen LogP contribution is 2.34. The topological polar surface area (TPSA) is 47.3 Å². The molecular formula is C24H25N3O. The molecule has 142 valence electrons. The zero-order valence-corrected chi connectivity index (χ0v) is 16.1. The van der Waals surface area contributed by atoms with Crippen LogP contribution in [0.5, 0.6) is 0 Å². The Morgan fingerprint density at radius 1 is 0.964 bits per heavy atom. The van der Waals surface area contributed by atoms with Crippen molar-refractivity contribution in [3.8, 4) is 17.2 Å². The van der Waals surface area contributed by atoms with E-state index < -0.39 is 0 Å². The molecule has 0 spiro atoms. The Balaban J connectivity index is 1.29. The Bertz CT molecular complexity index is 931. The normalized spacial score (nSPS) is 20.2. The maximum Gasteiger partial charge on any atom is 0.254 e. The molecule has 28 heavy (non-hydrogen) atoms. The van der Waals surface area contributed by atoms with Gasteiger partial charge in [-0.3, -0.25) is 4.79 Å². The summed E-state index contributed by atoms with van der Waals surface area (Å²) in [6.45, 7) is 4.23. The van der Waals surface area contributed by atoms with E-state index in [1.807, 2.05) is 36.4 Å². The summed E-state index contributed by atoms with van der Waals surface area (Å²) >= 11 is 0. The van der Waals surface area contributed by atoms with Gasteiger partial charge >= 0.3 is 0 Å². The highest BCUT2D eigenvalue weighted by molar-refractivity contribution is 5.99. The van der Waals surface area contributed by atoms with Crippen LogP contribution in [0.2, 0.25) is 0 Å². The number of likely N-dealkylation sites (tertiary alicyclic amines) is 1. The summed E-state index contributed by atoms with van der Waals surface area (Å²) in [4.78, 5) is 17.7. The Kier molecular flexibility index (Phi) is 4.41. The van der Waals surface area contributed by atoms with Crippen LogP contribution in [0.1, 0.15) is 47.2 Å². The van der Waals surface area contributed by atoms with Gasteiger partial charge in [-0.05, 0) is 72.6 Å². The van der Waals surface area contributed by atoms with Crippen LogP contribution >= 0.6 is 0 Å². The number of nitriles is 1. The second-order valence-corrected chi connectivity index (χ2v) is 8.47. The third kappa shape index (κ3) is 3.31. The van der Waals surface area contributed by atoms with Gasteiger partial charge in [0.15, 0.2) is 0 Å². The van der Waals surface area contributed by atoms with E-state index in [0.717, 1.165) is 60.6 Å². The molecule has 2 aliphatic heterocycles. The zero-order chi connectivity index (χ0) is 19.1. The number of carbonyl (C=O) groups is 1.